The van der Waals surface area contributed by atoms with Gasteiger partial charge in [-0.3, -0.25) is 0 Å². The number of nitrogens with one attached hydrogen (secondary N) is 1. The van der Waals surface area contributed by atoms with Gasteiger partial charge >= 0.3 is 6.03 Å². The van der Waals surface area contributed by atoms with Crippen LogP contribution in [0.25, 0.3) is 0 Å². The number of aliphatic hydroxyl groups is 1. The molecule has 0 aliphatic carbocycles. The van der Waals surface area contributed by atoms with E-state index in [0.717, 1.165) is 17.7 Å². The van der Waals surface area contributed by atoms with Crippen LogP contribution in [0.5, 0.6) is 0 Å². The smallest absolute Gasteiger partial charge is 0.321 e. The zero-order valence-corrected chi connectivity index (χ0v) is 12.0. The van der Waals surface area contributed by atoms with Gasteiger partial charge in [-0.05, 0) is 30.9 Å². The normalized spacial score (nSPS) is 10.6. The molecule has 0 bridgehead atoms. The molecule has 1 rings (SSSR count). The van der Waals surface area contributed by atoms with E-state index in [1.807, 2.05) is 31.2 Å². The van der Waals surface area contributed by atoms with Gasteiger partial charge in [0, 0.05) is 18.8 Å². The number of hydrogen-bond acceptors (Lipinski definition) is 2. The molecule has 19 heavy (non-hydrogen) atoms. The summed E-state index contributed by atoms with van der Waals surface area (Å²) < 4.78 is 0. The number of aliphatic hydroxyl groups excluding tert-OH is 1. The van der Waals surface area contributed by atoms with Crippen molar-refractivity contribution < 1.29 is 9.90 Å². The Morgan fingerprint density at radius 2 is 2.00 bits per heavy atom. The molecule has 0 unspecified atom stereocenters. The molecule has 106 valence electrons. The fraction of sp³-hybridized carbons (Fsp3) is 0.533. The molecule has 0 fully saturated rings. The highest BCUT2D eigenvalue weighted by molar-refractivity contribution is 5.90. The summed E-state index contributed by atoms with van der Waals surface area (Å²) in [5.74, 6) is 0.535. The number of nitrogens with zero attached hydrogens (tertiary/aromatic N) is 1. The average Bonchev–Trinajstić information content (AvgIpc) is 2.37. The van der Waals surface area contributed by atoms with Crippen LogP contribution in [0.3, 0.4) is 0 Å². The minimum absolute atomic E-state index is 0.0146. The van der Waals surface area contributed by atoms with E-state index in [9.17, 15) is 4.79 Å². The van der Waals surface area contributed by atoms with Gasteiger partial charge in [0.1, 0.15) is 0 Å². The third-order valence-corrected chi connectivity index (χ3v) is 3.02. The maximum absolute atomic E-state index is 12.2. The molecule has 1 aromatic rings. The van der Waals surface area contributed by atoms with E-state index in [2.05, 4.69) is 19.2 Å². The Morgan fingerprint density at radius 3 is 2.58 bits per heavy atom. The summed E-state index contributed by atoms with van der Waals surface area (Å²) in [4.78, 5) is 13.8. The van der Waals surface area contributed by atoms with Crippen LogP contribution in [0, 0.1) is 12.8 Å². The minimum atomic E-state index is -0.149. The highest BCUT2D eigenvalue weighted by atomic mass is 16.3. The lowest BCUT2D eigenvalue weighted by molar-refractivity contribution is 0.185. The molecular formula is C15H24N2O2. The summed E-state index contributed by atoms with van der Waals surface area (Å²) in [6, 6.07) is 7.53. The first kappa shape index (κ1) is 15.5. The summed E-state index contributed by atoms with van der Waals surface area (Å²) in [6.45, 7) is 7.21. The Labute approximate surface area is 115 Å². The predicted molar refractivity (Wildman–Crippen MR) is 78.3 cm³/mol. The van der Waals surface area contributed by atoms with E-state index in [-0.39, 0.29) is 12.6 Å². The van der Waals surface area contributed by atoms with Gasteiger partial charge in [0.15, 0.2) is 0 Å². The maximum Gasteiger partial charge on any atom is 0.321 e. The van der Waals surface area contributed by atoms with Gasteiger partial charge in [0.25, 0.3) is 0 Å². The lowest BCUT2D eigenvalue weighted by Crippen LogP contribution is -2.38. The van der Waals surface area contributed by atoms with Gasteiger partial charge in [0.2, 0.25) is 0 Å². The molecule has 0 aliphatic heterocycles. The van der Waals surface area contributed by atoms with Crippen LogP contribution in [0.1, 0.15) is 25.8 Å². The molecule has 0 saturated heterocycles. The van der Waals surface area contributed by atoms with Gasteiger partial charge in [-0.1, -0.05) is 32.0 Å². The second-order valence-corrected chi connectivity index (χ2v) is 5.14. The first-order valence-electron chi connectivity index (χ1n) is 6.77. The van der Waals surface area contributed by atoms with Crippen molar-refractivity contribution in [3.05, 3.63) is 29.8 Å². The Kier molecular flexibility index (Phi) is 6.36. The van der Waals surface area contributed by atoms with Crippen LogP contribution in [0.4, 0.5) is 10.5 Å². The maximum atomic E-state index is 12.2. The number of carbonyl (C=O) groups excluding carboxylic acids is 1. The van der Waals surface area contributed by atoms with Crippen LogP contribution in [-0.2, 0) is 0 Å². The highest BCUT2D eigenvalue weighted by Gasteiger charge is 2.14. The molecule has 0 atom stereocenters. The molecule has 2 N–H and O–H groups in total. The number of carbonyl (C=O) groups is 1. The van der Waals surface area contributed by atoms with Crippen LogP contribution >= 0.6 is 0 Å². The lowest BCUT2D eigenvalue weighted by atomic mass is 10.1. The second-order valence-electron chi connectivity index (χ2n) is 5.14. The molecule has 0 heterocycles. The van der Waals surface area contributed by atoms with Gasteiger partial charge in [-0.2, -0.15) is 0 Å². The third kappa shape index (κ3) is 5.30. The Bertz CT molecular complexity index is 405. The first-order chi connectivity index (χ1) is 9.04. The van der Waals surface area contributed by atoms with Crippen molar-refractivity contribution in [2.75, 3.05) is 25.0 Å². The minimum Gasteiger partial charge on any atom is -0.395 e. The van der Waals surface area contributed by atoms with Crippen molar-refractivity contribution in [1.82, 2.24) is 4.90 Å². The van der Waals surface area contributed by atoms with Crippen LogP contribution in [0.2, 0.25) is 0 Å². The SMILES string of the molecule is Cc1ccccc1NC(=O)N(CCO)CCC(C)C. The number of para-hydroxylation sites is 1. The molecular weight excluding hydrogens is 240 g/mol. The van der Waals surface area contributed by atoms with E-state index in [0.29, 0.717) is 19.0 Å². The Morgan fingerprint density at radius 1 is 1.32 bits per heavy atom. The molecule has 4 nitrogen and oxygen atoms in total. The Balaban J connectivity index is 2.64. The lowest BCUT2D eigenvalue weighted by Gasteiger charge is -2.23. The van der Waals surface area contributed by atoms with E-state index in [4.69, 9.17) is 5.11 Å². The predicted octanol–water partition coefficient (Wildman–Crippen LogP) is 2.87. The number of anilines is 1. The summed E-state index contributed by atoms with van der Waals surface area (Å²) in [5.41, 5.74) is 1.85. The number of hydrogen-bond donors (Lipinski definition) is 2. The second kappa shape index (κ2) is 7.79. The van der Waals surface area contributed by atoms with Crippen LogP contribution in [0.15, 0.2) is 24.3 Å². The van der Waals surface area contributed by atoms with Gasteiger partial charge in [-0.25, -0.2) is 4.79 Å². The number of urea groups is 1. The van der Waals surface area contributed by atoms with Crippen molar-refractivity contribution in [3.8, 4) is 0 Å². The van der Waals surface area contributed by atoms with E-state index < -0.39 is 0 Å². The van der Waals surface area contributed by atoms with Crippen molar-refractivity contribution in [1.29, 1.82) is 0 Å². The van der Waals surface area contributed by atoms with Crippen LogP contribution < -0.4 is 5.32 Å². The quantitative estimate of drug-likeness (QED) is 0.830. The molecule has 0 radical (unpaired) electrons. The van der Waals surface area contributed by atoms with E-state index >= 15 is 0 Å². The summed E-state index contributed by atoms with van der Waals surface area (Å²) in [6.07, 6.45) is 0.932. The monoisotopic (exact) mass is 264 g/mol. The summed E-state index contributed by atoms with van der Waals surface area (Å²) in [5, 5.41) is 11.9. The molecule has 0 aromatic heterocycles. The molecule has 0 saturated carbocycles. The Hall–Kier alpha value is -1.55. The molecule has 4 heteroatoms. The fourth-order valence-electron chi connectivity index (χ4n) is 1.76. The van der Waals surface area contributed by atoms with Gasteiger partial charge in [0.05, 0.1) is 6.61 Å². The van der Waals surface area contributed by atoms with Gasteiger partial charge < -0.3 is 15.3 Å². The zero-order valence-electron chi connectivity index (χ0n) is 12.0. The van der Waals surface area contributed by atoms with Crippen LogP contribution in [-0.4, -0.2) is 35.7 Å². The zero-order chi connectivity index (χ0) is 14.3. The standard InChI is InChI=1S/C15H24N2O2/c1-12(2)8-9-17(10-11-18)15(19)16-14-7-5-4-6-13(14)3/h4-7,12,18H,8-11H2,1-3H3,(H,16,19). The van der Waals surface area contributed by atoms with Crippen molar-refractivity contribution in [2.45, 2.75) is 27.2 Å². The highest BCUT2D eigenvalue weighted by Crippen LogP contribution is 2.14. The summed E-state index contributed by atoms with van der Waals surface area (Å²) >= 11 is 0. The van der Waals surface area contributed by atoms with E-state index in [1.165, 1.54) is 0 Å². The average molecular weight is 264 g/mol. The third-order valence-electron chi connectivity index (χ3n) is 3.02. The van der Waals surface area contributed by atoms with Crippen molar-refractivity contribution >= 4 is 11.7 Å². The summed E-state index contributed by atoms with van der Waals surface area (Å²) in [7, 11) is 0. The topological polar surface area (TPSA) is 52.6 Å². The molecule has 1 aromatic carbocycles. The number of rotatable bonds is 6. The fourth-order valence-corrected chi connectivity index (χ4v) is 1.76. The van der Waals surface area contributed by atoms with Gasteiger partial charge in [-0.15, -0.1) is 0 Å². The first-order valence-corrected chi connectivity index (χ1v) is 6.77. The number of benzene rings is 1. The molecule has 0 spiro atoms. The largest absolute Gasteiger partial charge is 0.395 e. The van der Waals surface area contributed by atoms with E-state index in [1.54, 1.807) is 4.90 Å². The number of amides is 2. The van der Waals surface area contributed by atoms with Crippen molar-refractivity contribution in [2.24, 2.45) is 5.92 Å². The molecule has 2 amide bonds. The number of aryl methyl sites for hydroxylation is 1. The molecule has 0 aliphatic rings. The van der Waals surface area contributed by atoms with Crippen molar-refractivity contribution in [3.63, 3.8) is 0 Å².